The third kappa shape index (κ3) is 6.92. The van der Waals surface area contributed by atoms with Crippen LogP contribution in [0.2, 0.25) is 0 Å². The van der Waals surface area contributed by atoms with Crippen LogP contribution in [0.5, 0.6) is 0 Å². The highest BCUT2D eigenvalue weighted by atomic mass is 32.1. The fraction of sp³-hybridized carbons (Fsp3) is 0.333. The Balaban J connectivity index is 1.70. The highest BCUT2D eigenvalue weighted by Gasteiger charge is 2.08. The molecule has 0 fully saturated rings. The van der Waals surface area contributed by atoms with E-state index in [0.29, 0.717) is 0 Å². The standard InChI is InChI=1S/C21H26N2S2/c1-22(20(24)16-18-10-5-3-6-11-18)14-9-15-23(2)21(25)17-19-12-7-4-8-13-19/h3-8,10-13H,9,14-17H2,1-2H3. The molecule has 4 heteroatoms. The van der Waals surface area contributed by atoms with Crippen LogP contribution in [0, 0.1) is 0 Å². The normalized spacial score (nSPS) is 10.3. The molecule has 0 radical (unpaired) electrons. The molecule has 2 aromatic carbocycles. The van der Waals surface area contributed by atoms with Gasteiger partial charge in [-0.2, -0.15) is 0 Å². The van der Waals surface area contributed by atoms with Crippen molar-refractivity contribution in [2.75, 3.05) is 27.2 Å². The topological polar surface area (TPSA) is 6.48 Å². The Labute approximate surface area is 162 Å². The zero-order valence-electron chi connectivity index (χ0n) is 15.0. The molecule has 0 heterocycles. The van der Waals surface area contributed by atoms with Gasteiger partial charge in [-0.1, -0.05) is 85.1 Å². The van der Waals surface area contributed by atoms with Crippen LogP contribution in [0.4, 0.5) is 0 Å². The number of nitrogens with zero attached hydrogens (tertiary/aromatic N) is 2. The lowest BCUT2D eigenvalue weighted by Crippen LogP contribution is -2.32. The van der Waals surface area contributed by atoms with E-state index in [4.69, 9.17) is 24.4 Å². The quantitative estimate of drug-likeness (QED) is 0.636. The Morgan fingerprint density at radius 3 is 1.40 bits per heavy atom. The molecule has 0 atom stereocenters. The molecule has 0 bridgehead atoms. The molecule has 0 spiro atoms. The lowest BCUT2D eigenvalue weighted by Gasteiger charge is -2.24. The lowest BCUT2D eigenvalue weighted by atomic mass is 10.1. The molecule has 0 aliphatic rings. The number of thiocarbonyl (C=S) groups is 2. The summed E-state index contributed by atoms with van der Waals surface area (Å²) in [6, 6.07) is 20.8. The summed E-state index contributed by atoms with van der Waals surface area (Å²) in [4.78, 5) is 6.33. The van der Waals surface area contributed by atoms with Gasteiger partial charge in [-0.05, 0) is 17.5 Å². The molecule has 0 N–H and O–H groups in total. The van der Waals surface area contributed by atoms with E-state index in [1.165, 1.54) is 11.1 Å². The van der Waals surface area contributed by atoms with E-state index >= 15 is 0 Å². The van der Waals surface area contributed by atoms with Crippen molar-refractivity contribution in [1.29, 1.82) is 0 Å². The van der Waals surface area contributed by atoms with Crippen LogP contribution in [0.25, 0.3) is 0 Å². The predicted molar refractivity (Wildman–Crippen MR) is 115 cm³/mol. The summed E-state index contributed by atoms with van der Waals surface area (Å²) < 4.78 is 0. The first-order valence-electron chi connectivity index (χ1n) is 8.62. The largest absolute Gasteiger partial charge is 0.369 e. The highest BCUT2D eigenvalue weighted by Crippen LogP contribution is 2.06. The van der Waals surface area contributed by atoms with E-state index in [2.05, 4.69) is 72.4 Å². The fourth-order valence-corrected chi connectivity index (χ4v) is 3.12. The molecule has 0 saturated heterocycles. The van der Waals surface area contributed by atoms with Crippen molar-refractivity contribution in [1.82, 2.24) is 9.80 Å². The number of rotatable bonds is 8. The first kappa shape index (κ1) is 19.5. The summed E-state index contributed by atoms with van der Waals surface area (Å²) in [6.45, 7) is 1.90. The smallest absolute Gasteiger partial charge is 0.0821 e. The molecule has 0 aromatic heterocycles. The Morgan fingerprint density at radius 1 is 0.680 bits per heavy atom. The van der Waals surface area contributed by atoms with E-state index in [0.717, 1.165) is 42.3 Å². The third-order valence-electron chi connectivity index (χ3n) is 4.23. The van der Waals surface area contributed by atoms with Crippen LogP contribution in [-0.4, -0.2) is 47.0 Å². The first-order chi connectivity index (χ1) is 12.1. The highest BCUT2D eigenvalue weighted by molar-refractivity contribution is 7.80. The van der Waals surface area contributed by atoms with Crippen LogP contribution in [0.3, 0.4) is 0 Å². The molecular formula is C21H26N2S2. The van der Waals surface area contributed by atoms with Crippen molar-refractivity contribution in [3.63, 3.8) is 0 Å². The number of hydrogen-bond donors (Lipinski definition) is 0. The Kier molecular flexibility index (Phi) is 8.02. The van der Waals surface area contributed by atoms with Gasteiger partial charge < -0.3 is 9.80 Å². The minimum absolute atomic E-state index is 0.828. The Bertz CT molecular complexity index is 611. The van der Waals surface area contributed by atoms with Gasteiger partial charge in [-0.15, -0.1) is 0 Å². The lowest BCUT2D eigenvalue weighted by molar-refractivity contribution is 0.424. The molecule has 0 unspecified atom stereocenters. The zero-order chi connectivity index (χ0) is 18.1. The van der Waals surface area contributed by atoms with Crippen molar-refractivity contribution < 1.29 is 0 Å². The number of benzene rings is 2. The fourth-order valence-electron chi connectivity index (χ4n) is 2.61. The van der Waals surface area contributed by atoms with Crippen LogP contribution in [0.15, 0.2) is 60.7 Å². The van der Waals surface area contributed by atoms with Gasteiger partial charge in [-0.3, -0.25) is 0 Å². The van der Waals surface area contributed by atoms with Crippen molar-refractivity contribution in [3.8, 4) is 0 Å². The third-order valence-corrected chi connectivity index (χ3v) is 5.15. The second kappa shape index (κ2) is 10.3. The summed E-state index contributed by atoms with van der Waals surface area (Å²) in [5.74, 6) is 0. The van der Waals surface area contributed by atoms with E-state index in [1.807, 2.05) is 12.1 Å². The minimum Gasteiger partial charge on any atom is -0.369 e. The van der Waals surface area contributed by atoms with Crippen molar-refractivity contribution in [2.24, 2.45) is 0 Å². The maximum absolute atomic E-state index is 5.56. The van der Waals surface area contributed by atoms with Gasteiger partial charge in [-0.25, -0.2) is 0 Å². The number of hydrogen-bond acceptors (Lipinski definition) is 2. The monoisotopic (exact) mass is 370 g/mol. The first-order valence-corrected chi connectivity index (χ1v) is 9.43. The zero-order valence-corrected chi connectivity index (χ0v) is 16.7. The molecule has 2 nitrogen and oxygen atoms in total. The summed E-state index contributed by atoms with van der Waals surface area (Å²) in [5.41, 5.74) is 2.53. The van der Waals surface area contributed by atoms with Crippen LogP contribution in [-0.2, 0) is 12.8 Å². The SMILES string of the molecule is CN(CCCN(C)C(=S)Cc1ccccc1)C(=S)Cc1ccccc1. The molecule has 25 heavy (non-hydrogen) atoms. The van der Waals surface area contributed by atoms with Crippen molar-refractivity contribution >= 4 is 34.4 Å². The second-order valence-corrected chi connectivity index (χ2v) is 7.25. The summed E-state index contributed by atoms with van der Waals surface area (Å²) in [6.07, 6.45) is 2.70. The molecule has 0 amide bonds. The van der Waals surface area contributed by atoms with Gasteiger partial charge in [0.1, 0.15) is 0 Å². The maximum atomic E-state index is 5.56. The summed E-state index contributed by atoms with van der Waals surface area (Å²) >= 11 is 11.1. The molecule has 2 aromatic rings. The van der Waals surface area contributed by atoms with Gasteiger partial charge in [0.05, 0.1) is 9.98 Å². The second-order valence-electron chi connectivity index (χ2n) is 6.31. The van der Waals surface area contributed by atoms with Gasteiger partial charge in [0, 0.05) is 40.0 Å². The van der Waals surface area contributed by atoms with Gasteiger partial charge >= 0.3 is 0 Å². The van der Waals surface area contributed by atoms with Crippen molar-refractivity contribution in [2.45, 2.75) is 19.3 Å². The van der Waals surface area contributed by atoms with E-state index in [1.54, 1.807) is 0 Å². The predicted octanol–water partition coefficient (Wildman–Crippen LogP) is 4.38. The molecule has 132 valence electrons. The van der Waals surface area contributed by atoms with E-state index in [9.17, 15) is 0 Å². The minimum atomic E-state index is 0.828. The molecular weight excluding hydrogens is 344 g/mol. The molecule has 0 aliphatic heterocycles. The van der Waals surface area contributed by atoms with Crippen molar-refractivity contribution in [3.05, 3.63) is 71.8 Å². The van der Waals surface area contributed by atoms with E-state index in [-0.39, 0.29) is 0 Å². The van der Waals surface area contributed by atoms with Gasteiger partial charge in [0.15, 0.2) is 0 Å². The average Bonchev–Trinajstić information content (AvgIpc) is 2.63. The van der Waals surface area contributed by atoms with Gasteiger partial charge in [0.25, 0.3) is 0 Å². The maximum Gasteiger partial charge on any atom is 0.0821 e. The average molecular weight is 371 g/mol. The van der Waals surface area contributed by atoms with Crippen LogP contribution in [0.1, 0.15) is 17.5 Å². The number of likely N-dealkylation sites (N-methyl/N-ethyl adjacent to an activating group) is 2. The van der Waals surface area contributed by atoms with E-state index < -0.39 is 0 Å². The van der Waals surface area contributed by atoms with Gasteiger partial charge in [0.2, 0.25) is 0 Å². The van der Waals surface area contributed by atoms with Crippen LogP contribution < -0.4 is 0 Å². The molecule has 0 saturated carbocycles. The molecule has 0 aliphatic carbocycles. The van der Waals surface area contributed by atoms with Crippen LogP contribution >= 0.6 is 24.4 Å². The summed E-state index contributed by atoms with van der Waals surface area (Å²) in [7, 11) is 4.15. The Morgan fingerprint density at radius 2 is 1.04 bits per heavy atom. The Hall–Kier alpha value is -1.78. The summed E-state index contributed by atoms with van der Waals surface area (Å²) in [5, 5.41) is 0. The molecule has 2 rings (SSSR count).